The lowest BCUT2D eigenvalue weighted by Gasteiger charge is -2.12. The van der Waals surface area contributed by atoms with E-state index in [1.54, 1.807) is 0 Å². The Kier molecular flexibility index (Phi) is 3.78. The fraction of sp³-hybridized carbons (Fsp3) is 0.250. The quantitative estimate of drug-likeness (QED) is 0.634. The molecule has 0 saturated heterocycles. The molecule has 17 heavy (non-hydrogen) atoms. The molecular formula is C8H6ClF3O4S. The molecular weight excluding hydrogens is 285 g/mol. The summed E-state index contributed by atoms with van der Waals surface area (Å²) < 4.78 is 66.3. The molecule has 0 bridgehead atoms. The molecule has 0 N–H and O–H groups in total. The Labute approximate surface area is 100 Å². The molecule has 0 heterocycles. The van der Waals surface area contributed by atoms with Crippen molar-refractivity contribution >= 4 is 21.7 Å². The molecule has 0 atom stereocenters. The molecule has 9 heteroatoms. The van der Waals surface area contributed by atoms with Crippen molar-refractivity contribution < 1.29 is 30.5 Å². The van der Waals surface area contributed by atoms with Crippen molar-refractivity contribution in [3.8, 4) is 11.5 Å². The molecule has 0 aliphatic carbocycles. The molecule has 0 unspecified atom stereocenters. The van der Waals surface area contributed by atoms with Gasteiger partial charge in [0.1, 0.15) is 0 Å². The van der Waals surface area contributed by atoms with E-state index < -0.39 is 21.4 Å². The van der Waals surface area contributed by atoms with Gasteiger partial charge in [0.15, 0.2) is 11.5 Å². The normalized spacial score (nSPS) is 12.3. The second-order valence-electron chi connectivity index (χ2n) is 2.78. The van der Waals surface area contributed by atoms with Crippen LogP contribution in [0.3, 0.4) is 0 Å². The Bertz CT molecular complexity index is 512. The Morgan fingerprint density at radius 1 is 1.24 bits per heavy atom. The first-order valence-electron chi connectivity index (χ1n) is 4.01. The zero-order valence-electron chi connectivity index (χ0n) is 8.29. The molecule has 1 rings (SSSR count). The van der Waals surface area contributed by atoms with E-state index in [-0.39, 0.29) is 10.8 Å². The van der Waals surface area contributed by atoms with Gasteiger partial charge in [-0.25, -0.2) is 0 Å². The molecule has 0 radical (unpaired) electrons. The largest absolute Gasteiger partial charge is 0.534 e. The van der Waals surface area contributed by atoms with Crippen LogP contribution in [0.5, 0.6) is 11.5 Å². The van der Waals surface area contributed by atoms with E-state index in [4.69, 9.17) is 11.6 Å². The summed E-state index contributed by atoms with van der Waals surface area (Å²) in [6.07, 6.45) is 0. The summed E-state index contributed by atoms with van der Waals surface area (Å²) in [5.74, 6) is -0.806. The summed E-state index contributed by atoms with van der Waals surface area (Å²) in [4.78, 5) is 0. The maximum atomic E-state index is 12.1. The third-order valence-electron chi connectivity index (χ3n) is 1.61. The maximum Gasteiger partial charge on any atom is 0.534 e. The number of ether oxygens (including phenoxy) is 1. The first-order chi connectivity index (χ1) is 7.67. The van der Waals surface area contributed by atoms with Crippen molar-refractivity contribution in [2.75, 3.05) is 7.11 Å². The summed E-state index contributed by atoms with van der Waals surface area (Å²) in [7, 11) is -4.59. The van der Waals surface area contributed by atoms with Crippen LogP contribution in [0.4, 0.5) is 13.2 Å². The number of hydrogen-bond acceptors (Lipinski definition) is 4. The van der Waals surface area contributed by atoms with Gasteiger partial charge in [-0.15, -0.1) is 0 Å². The summed E-state index contributed by atoms with van der Waals surface area (Å²) in [6.45, 7) is 0. The minimum Gasteiger partial charge on any atom is -0.493 e. The minimum atomic E-state index is -5.74. The molecule has 0 aliphatic heterocycles. The number of hydrogen-bond donors (Lipinski definition) is 0. The summed E-state index contributed by atoms with van der Waals surface area (Å²) in [5, 5.41) is 0.0122. The highest BCUT2D eigenvalue weighted by atomic mass is 35.5. The number of alkyl halides is 3. The average Bonchev–Trinajstić information content (AvgIpc) is 2.15. The first-order valence-corrected chi connectivity index (χ1v) is 5.80. The van der Waals surface area contributed by atoms with Gasteiger partial charge in [0.25, 0.3) is 0 Å². The van der Waals surface area contributed by atoms with Crippen molar-refractivity contribution in [2.45, 2.75) is 5.51 Å². The Balaban J connectivity index is 3.16. The van der Waals surface area contributed by atoms with E-state index in [9.17, 15) is 21.6 Å². The van der Waals surface area contributed by atoms with Gasteiger partial charge in [-0.3, -0.25) is 0 Å². The molecule has 0 amide bonds. The molecule has 0 aromatic heterocycles. The van der Waals surface area contributed by atoms with Gasteiger partial charge < -0.3 is 8.92 Å². The fourth-order valence-corrected chi connectivity index (χ4v) is 1.50. The highest BCUT2D eigenvalue weighted by Gasteiger charge is 2.48. The standard InChI is InChI=1S/C8H6ClF3O4S/c1-15-6-3-2-5(9)4-7(6)16-17(13,14)8(10,11)12/h2-4H,1H3. The molecule has 0 fully saturated rings. The summed E-state index contributed by atoms with van der Waals surface area (Å²) in [6, 6.07) is 3.40. The average molecular weight is 291 g/mol. The van der Waals surface area contributed by atoms with Gasteiger partial charge in [0.2, 0.25) is 0 Å². The van der Waals surface area contributed by atoms with Gasteiger partial charge >= 0.3 is 15.6 Å². The van der Waals surface area contributed by atoms with E-state index in [0.29, 0.717) is 0 Å². The van der Waals surface area contributed by atoms with Gasteiger partial charge in [0, 0.05) is 11.1 Å². The number of methoxy groups -OCH3 is 1. The first kappa shape index (κ1) is 13.9. The van der Waals surface area contributed by atoms with Gasteiger partial charge in [-0.05, 0) is 12.1 Å². The molecule has 1 aromatic rings. The van der Waals surface area contributed by atoms with E-state index in [2.05, 4.69) is 8.92 Å². The van der Waals surface area contributed by atoms with E-state index >= 15 is 0 Å². The van der Waals surface area contributed by atoms with Crippen LogP contribution in [0, 0.1) is 0 Å². The van der Waals surface area contributed by atoms with Crippen LogP contribution in [-0.4, -0.2) is 21.0 Å². The number of rotatable bonds is 3. The minimum absolute atomic E-state index is 0.0122. The van der Waals surface area contributed by atoms with Crippen LogP contribution in [0.1, 0.15) is 0 Å². The lowest BCUT2D eigenvalue weighted by molar-refractivity contribution is -0.0500. The zero-order chi connectivity index (χ0) is 13.3. The maximum absolute atomic E-state index is 12.1. The van der Waals surface area contributed by atoms with Crippen molar-refractivity contribution in [2.24, 2.45) is 0 Å². The topological polar surface area (TPSA) is 52.6 Å². The smallest absolute Gasteiger partial charge is 0.493 e. The van der Waals surface area contributed by atoms with E-state index in [0.717, 1.165) is 13.2 Å². The van der Waals surface area contributed by atoms with Gasteiger partial charge in [-0.1, -0.05) is 11.6 Å². The summed E-state index contributed by atoms with van der Waals surface area (Å²) in [5.41, 5.74) is -5.51. The molecule has 96 valence electrons. The van der Waals surface area contributed by atoms with Crippen LogP contribution in [0.25, 0.3) is 0 Å². The van der Waals surface area contributed by atoms with Crippen LogP contribution in [-0.2, 0) is 10.1 Å². The second-order valence-corrected chi connectivity index (χ2v) is 4.75. The third kappa shape index (κ3) is 3.16. The Morgan fingerprint density at radius 3 is 2.29 bits per heavy atom. The van der Waals surface area contributed by atoms with Crippen LogP contribution in [0.2, 0.25) is 5.02 Å². The molecule has 4 nitrogen and oxygen atoms in total. The van der Waals surface area contributed by atoms with Crippen LogP contribution in [0.15, 0.2) is 18.2 Å². The van der Waals surface area contributed by atoms with Crippen molar-refractivity contribution in [1.29, 1.82) is 0 Å². The van der Waals surface area contributed by atoms with Crippen LogP contribution < -0.4 is 8.92 Å². The highest BCUT2D eigenvalue weighted by Crippen LogP contribution is 2.34. The Hall–Kier alpha value is -1.15. The Morgan fingerprint density at radius 2 is 1.82 bits per heavy atom. The fourth-order valence-electron chi connectivity index (χ4n) is 0.881. The van der Waals surface area contributed by atoms with Crippen molar-refractivity contribution in [3.05, 3.63) is 23.2 Å². The van der Waals surface area contributed by atoms with E-state index in [1.807, 2.05) is 0 Å². The SMILES string of the molecule is COc1ccc(Cl)cc1OS(=O)(=O)C(F)(F)F. The number of halogens is 4. The lowest BCUT2D eigenvalue weighted by Crippen LogP contribution is -2.28. The monoisotopic (exact) mass is 290 g/mol. The highest BCUT2D eigenvalue weighted by molar-refractivity contribution is 7.88. The van der Waals surface area contributed by atoms with Gasteiger partial charge in [-0.2, -0.15) is 21.6 Å². The lowest BCUT2D eigenvalue weighted by atomic mass is 10.3. The zero-order valence-corrected chi connectivity index (χ0v) is 9.86. The predicted molar refractivity (Wildman–Crippen MR) is 53.6 cm³/mol. The van der Waals surface area contributed by atoms with Crippen molar-refractivity contribution in [1.82, 2.24) is 0 Å². The van der Waals surface area contributed by atoms with Crippen molar-refractivity contribution in [3.63, 3.8) is 0 Å². The predicted octanol–water partition coefficient (Wildman–Crippen LogP) is 2.58. The third-order valence-corrected chi connectivity index (χ3v) is 2.81. The molecule has 0 spiro atoms. The van der Waals surface area contributed by atoms with E-state index in [1.165, 1.54) is 12.1 Å². The van der Waals surface area contributed by atoms with Crippen LogP contribution >= 0.6 is 11.6 Å². The number of benzene rings is 1. The molecule has 0 saturated carbocycles. The van der Waals surface area contributed by atoms with Gasteiger partial charge in [0.05, 0.1) is 7.11 Å². The molecule has 0 aliphatic rings. The molecule has 1 aromatic carbocycles. The summed E-state index contributed by atoms with van der Waals surface area (Å²) >= 11 is 5.51. The second kappa shape index (κ2) is 4.61.